The summed E-state index contributed by atoms with van der Waals surface area (Å²) < 4.78 is 6.01. The van der Waals surface area contributed by atoms with Crippen molar-refractivity contribution in [3.05, 3.63) is 27.1 Å². The van der Waals surface area contributed by atoms with Crippen LogP contribution in [0.5, 0.6) is 0 Å². The van der Waals surface area contributed by atoms with Crippen LogP contribution in [0.15, 0.2) is 11.1 Å². The highest BCUT2D eigenvalue weighted by Crippen LogP contribution is 2.25. The summed E-state index contributed by atoms with van der Waals surface area (Å²) in [6.45, 7) is 4.19. The Labute approximate surface area is 108 Å². The molecule has 0 aliphatic heterocycles. The van der Waals surface area contributed by atoms with Crippen LogP contribution < -0.4 is 5.56 Å². The molecule has 0 fully saturated rings. The van der Waals surface area contributed by atoms with E-state index in [9.17, 15) is 9.59 Å². The predicted octanol–water partition coefficient (Wildman–Crippen LogP) is 1.64. The van der Waals surface area contributed by atoms with E-state index in [1.54, 1.807) is 0 Å². The van der Waals surface area contributed by atoms with Crippen molar-refractivity contribution < 1.29 is 9.53 Å². The first-order chi connectivity index (χ1) is 8.54. The van der Waals surface area contributed by atoms with Crippen LogP contribution in [-0.2, 0) is 16.1 Å². The Morgan fingerprint density at radius 2 is 2.22 bits per heavy atom. The predicted molar refractivity (Wildman–Crippen MR) is 70.0 cm³/mol. The van der Waals surface area contributed by atoms with Crippen molar-refractivity contribution in [3.63, 3.8) is 0 Å². The molecule has 0 bridgehead atoms. The highest BCUT2D eigenvalue weighted by Gasteiger charge is 2.12. The third-order valence-corrected chi connectivity index (χ3v) is 4.06. The molecule has 0 aliphatic carbocycles. The van der Waals surface area contributed by atoms with Crippen molar-refractivity contribution in [1.29, 1.82) is 0 Å². The van der Waals surface area contributed by atoms with Crippen molar-refractivity contribution in [1.82, 2.24) is 9.55 Å². The molecule has 2 rings (SSSR count). The minimum absolute atomic E-state index is 0.0919. The minimum Gasteiger partial charge on any atom is -0.469 e. The first-order valence-electron chi connectivity index (χ1n) is 5.56. The standard InChI is InChI=1S/C12H14N2O3S/c1-7-8(2)18-11-10(7)12(16)14(6-13-11)5-4-9(15)17-3/h6H,4-5H2,1-3H3. The molecule has 0 spiro atoms. The molecule has 2 aromatic heterocycles. The summed E-state index contributed by atoms with van der Waals surface area (Å²) in [5.74, 6) is -0.333. The second-order valence-corrected chi connectivity index (χ2v) is 5.24. The number of nitrogens with zero attached hydrogens (tertiary/aromatic N) is 2. The molecule has 0 saturated carbocycles. The normalized spacial score (nSPS) is 10.8. The highest BCUT2D eigenvalue weighted by atomic mass is 32.1. The zero-order chi connectivity index (χ0) is 13.3. The van der Waals surface area contributed by atoms with Gasteiger partial charge in [0.25, 0.3) is 5.56 Å². The van der Waals surface area contributed by atoms with Gasteiger partial charge in [0, 0.05) is 11.4 Å². The first-order valence-corrected chi connectivity index (χ1v) is 6.38. The topological polar surface area (TPSA) is 61.2 Å². The maximum Gasteiger partial charge on any atom is 0.307 e. The Hall–Kier alpha value is -1.69. The molecule has 0 aromatic carbocycles. The highest BCUT2D eigenvalue weighted by molar-refractivity contribution is 7.18. The fourth-order valence-corrected chi connectivity index (χ4v) is 2.73. The van der Waals surface area contributed by atoms with Gasteiger partial charge in [-0.15, -0.1) is 11.3 Å². The van der Waals surface area contributed by atoms with E-state index in [2.05, 4.69) is 9.72 Å². The second-order valence-electron chi connectivity index (χ2n) is 4.03. The quantitative estimate of drug-likeness (QED) is 0.792. The number of aryl methyl sites for hydroxylation is 3. The Balaban J connectivity index is 2.42. The summed E-state index contributed by atoms with van der Waals surface area (Å²) >= 11 is 1.51. The fraction of sp³-hybridized carbons (Fsp3) is 0.417. The molecule has 0 atom stereocenters. The van der Waals surface area contributed by atoms with Gasteiger partial charge in [0.2, 0.25) is 0 Å². The van der Waals surface area contributed by atoms with Gasteiger partial charge >= 0.3 is 5.97 Å². The average Bonchev–Trinajstić information content (AvgIpc) is 2.64. The maximum absolute atomic E-state index is 12.2. The van der Waals surface area contributed by atoms with E-state index in [-0.39, 0.29) is 17.9 Å². The van der Waals surface area contributed by atoms with E-state index >= 15 is 0 Å². The van der Waals surface area contributed by atoms with Gasteiger partial charge in [-0.2, -0.15) is 0 Å². The average molecular weight is 266 g/mol. The third-order valence-electron chi connectivity index (χ3n) is 2.94. The number of carbonyl (C=O) groups excluding carboxylic acids is 1. The zero-order valence-corrected chi connectivity index (χ0v) is 11.3. The molecular formula is C12H14N2O3S. The number of thiophene rings is 1. The molecule has 0 N–H and O–H groups in total. The summed E-state index contributed by atoms with van der Waals surface area (Å²) in [5, 5.41) is 0.657. The zero-order valence-electron chi connectivity index (χ0n) is 10.5. The number of fused-ring (bicyclic) bond motifs is 1. The molecule has 0 radical (unpaired) electrons. The number of methoxy groups -OCH3 is 1. The minimum atomic E-state index is -0.333. The van der Waals surface area contributed by atoms with E-state index in [1.165, 1.54) is 29.3 Å². The number of hydrogen-bond acceptors (Lipinski definition) is 5. The van der Waals surface area contributed by atoms with Gasteiger partial charge in [-0.1, -0.05) is 0 Å². The molecule has 6 heteroatoms. The van der Waals surface area contributed by atoms with Crippen molar-refractivity contribution >= 4 is 27.5 Å². The van der Waals surface area contributed by atoms with E-state index < -0.39 is 0 Å². The van der Waals surface area contributed by atoms with E-state index in [1.807, 2.05) is 13.8 Å². The van der Waals surface area contributed by atoms with Crippen LogP contribution in [0.1, 0.15) is 16.9 Å². The number of esters is 1. The molecule has 18 heavy (non-hydrogen) atoms. The summed E-state index contributed by atoms with van der Waals surface area (Å²) in [4.78, 5) is 29.4. The molecule has 0 saturated heterocycles. The number of aromatic nitrogens is 2. The number of hydrogen-bond donors (Lipinski definition) is 0. The summed E-state index contributed by atoms with van der Waals surface area (Å²) in [5.41, 5.74) is 0.880. The lowest BCUT2D eigenvalue weighted by molar-refractivity contribution is -0.140. The van der Waals surface area contributed by atoms with Crippen LogP contribution in [0.3, 0.4) is 0 Å². The van der Waals surface area contributed by atoms with Crippen molar-refractivity contribution in [2.75, 3.05) is 7.11 Å². The van der Waals surface area contributed by atoms with Crippen LogP contribution in [0, 0.1) is 13.8 Å². The molecule has 5 nitrogen and oxygen atoms in total. The maximum atomic E-state index is 12.2. The third kappa shape index (κ3) is 2.15. The van der Waals surface area contributed by atoms with Gasteiger partial charge in [0.05, 0.1) is 25.2 Å². The number of carbonyl (C=O) groups is 1. The summed E-state index contributed by atoms with van der Waals surface area (Å²) in [6.07, 6.45) is 1.66. The van der Waals surface area contributed by atoms with Crippen molar-refractivity contribution in [2.24, 2.45) is 0 Å². The lowest BCUT2D eigenvalue weighted by atomic mass is 10.2. The molecule has 2 aromatic rings. The van der Waals surface area contributed by atoms with Gasteiger partial charge < -0.3 is 4.74 Å². The van der Waals surface area contributed by atoms with Gasteiger partial charge in [0.15, 0.2) is 0 Å². The molecule has 0 aliphatic rings. The number of ether oxygens (including phenoxy) is 1. The van der Waals surface area contributed by atoms with Gasteiger partial charge in [-0.3, -0.25) is 14.2 Å². The SMILES string of the molecule is COC(=O)CCn1cnc2sc(C)c(C)c2c1=O. The van der Waals surface area contributed by atoms with Crippen LogP contribution in [0.25, 0.3) is 10.2 Å². The van der Waals surface area contributed by atoms with Crippen LogP contribution >= 0.6 is 11.3 Å². The Kier molecular flexibility index (Phi) is 3.47. The molecular weight excluding hydrogens is 252 g/mol. The smallest absolute Gasteiger partial charge is 0.307 e. The van der Waals surface area contributed by atoms with Crippen molar-refractivity contribution in [3.8, 4) is 0 Å². The number of rotatable bonds is 3. The van der Waals surface area contributed by atoms with Crippen molar-refractivity contribution in [2.45, 2.75) is 26.8 Å². The van der Waals surface area contributed by atoms with Crippen LogP contribution in [0.4, 0.5) is 0 Å². The Morgan fingerprint density at radius 3 is 2.89 bits per heavy atom. The molecule has 0 unspecified atom stereocenters. The lowest BCUT2D eigenvalue weighted by Gasteiger charge is -2.04. The lowest BCUT2D eigenvalue weighted by Crippen LogP contribution is -2.22. The summed E-state index contributed by atoms with van der Waals surface area (Å²) in [6, 6.07) is 0. The van der Waals surface area contributed by atoms with Gasteiger partial charge in [-0.25, -0.2) is 4.98 Å². The van der Waals surface area contributed by atoms with Crippen LogP contribution in [-0.4, -0.2) is 22.6 Å². The second kappa shape index (κ2) is 4.89. The summed E-state index contributed by atoms with van der Waals surface area (Å²) in [7, 11) is 1.33. The monoisotopic (exact) mass is 266 g/mol. The Bertz CT molecular complexity index is 657. The van der Waals surface area contributed by atoms with E-state index in [0.717, 1.165) is 15.3 Å². The molecule has 0 amide bonds. The molecule has 96 valence electrons. The van der Waals surface area contributed by atoms with E-state index in [4.69, 9.17) is 0 Å². The molecule has 2 heterocycles. The van der Waals surface area contributed by atoms with Crippen LogP contribution in [0.2, 0.25) is 0 Å². The Morgan fingerprint density at radius 1 is 1.50 bits per heavy atom. The largest absolute Gasteiger partial charge is 0.469 e. The first kappa shape index (κ1) is 12.8. The van der Waals surface area contributed by atoms with E-state index in [0.29, 0.717) is 11.9 Å². The van der Waals surface area contributed by atoms with Gasteiger partial charge in [-0.05, 0) is 19.4 Å². The van der Waals surface area contributed by atoms with Gasteiger partial charge in [0.1, 0.15) is 4.83 Å². The fourth-order valence-electron chi connectivity index (χ4n) is 1.74.